The van der Waals surface area contributed by atoms with E-state index in [1.165, 1.54) is 12.1 Å². The van der Waals surface area contributed by atoms with Crippen LogP contribution >= 0.6 is 0 Å². The van der Waals surface area contributed by atoms with Crippen LogP contribution in [0.15, 0.2) is 54.6 Å². The SMILES string of the molecule is O=C(CCCc1ccc(F)cc1)N1CCC[C@](CO)(CCOc2ccccc2)C1. The van der Waals surface area contributed by atoms with Crippen LogP contribution in [-0.4, -0.2) is 42.2 Å². The number of rotatable bonds is 9. The van der Waals surface area contributed by atoms with Gasteiger partial charge in [-0.3, -0.25) is 4.79 Å². The molecule has 156 valence electrons. The van der Waals surface area contributed by atoms with Crippen molar-refractivity contribution in [1.29, 1.82) is 0 Å². The molecule has 1 heterocycles. The summed E-state index contributed by atoms with van der Waals surface area (Å²) < 4.78 is 18.8. The minimum absolute atomic E-state index is 0.0600. The molecule has 1 aliphatic rings. The molecule has 0 radical (unpaired) electrons. The summed E-state index contributed by atoms with van der Waals surface area (Å²) in [6, 6.07) is 16.1. The second-order valence-electron chi connectivity index (χ2n) is 7.97. The van der Waals surface area contributed by atoms with Gasteiger partial charge < -0.3 is 14.7 Å². The van der Waals surface area contributed by atoms with Crippen LogP contribution in [0.2, 0.25) is 0 Å². The smallest absolute Gasteiger partial charge is 0.222 e. The number of hydrogen-bond donors (Lipinski definition) is 1. The van der Waals surface area contributed by atoms with Gasteiger partial charge in [0.1, 0.15) is 11.6 Å². The zero-order valence-corrected chi connectivity index (χ0v) is 16.9. The van der Waals surface area contributed by atoms with E-state index in [1.807, 2.05) is 35.2 Å². The monoisotopic (exact) mass is 399 g/mol. The van der Waals surface area contributed by atoms with E-state index in [4.69, 9.17) is 4.74 Å². The Balaban J connectivity index is 1.46. The van der Waals surface area contributed by atoms with Crippen molar-refractivity contribution < 1.29 is 19.0 Å². The molecule has 1 atom stereocenters. The van der Waals surface area contributed by atoms with Crippen molar-refractivity contribution in [2.24, 2.45) is 5.41 Å². The standard InChI is InChI=1S/C24H30FNO3/c25-21-12-10-20(11-13-21)6-4-9-23(28)26-16-5-14-24(18-26,19-27)15-17-29-22-7-2-1-3-8-22/h1-3,7-8,10-13,27H,4-6,9,14-19H2/t24-/m0/s1. The van der Waals surface area contributed by atoms with Crippen LogP contribution in [0.25, 0.3) is 0 Å². The molecular formula is C24H30FNO3. The highest BCUT2D eigenvalue weighted by molar-refractivity contribution is 5.76. The molecule has 3 rings (SSSR count). The summed E-state index contributed by atoms with van der Waals surface area (Å²) in [5.74, 6) is 0.716. The maximum Gasteiger partial charge on any atom is 0.222 e. The molecule has 2 aromatic rings. The Bertz CT molecular complexity index is 765. The van der Waals surface area contributed by atoms with E-state index < -0.39 is 0 Å². The normalized spacial score (nSPS) is 19.2. The quantitative estimate of drug-likeness (QED) is 0.687. The number of aliphatic hydroxyl groups is 1. The molecule has 0 spiro atoms. The highest BCUT2D eigenvalue weighted by atomic mass is 19.1. The number of piperidine rings is 1. The first-order valence-corrected chi connectivity index (χ1v) is 10.4. The Kier molecular flexibility index (Phi) is 7.64. The maximum atomic E-state index is 13.0. The van der Waals surface area contributed by atoms with Gasteiger partial charge >= 0.3 is 0 Å². The number of carbonyl (C=O) groups excluding carboxylic acids is 1. The van der Waals surface area contributed by atoms with Crippen molar-refractivity contribution in [2.75, 3.05) is 26.3 Å². The van der Waals surface area contributed by atoms with Crippen LogP contribution in [0.4, 0.5) is 4.39 Å². The van der Waals surface area contributed by atoms with Crippen LogP contribution in [0, 0.1) is 11.2 Å². The number of aryl methyl sites for hydroxylation is 1. The van der Waals surface area contributed by atoms with Gasteiger partial charge in [0.15, 0.2) is 0 Å². The minimum Gasteiger partial charge on any atom is -0.494 e. The van der Waals surface area contributed by atoms with Crippen LogP contribution < -0.4 is 4.74 Å². The Morgan fingerprint density at radius 2 is 1.90 bits per heavy atom. The molecule has 1 fully saturated rings. The number of likely N-dealkylation sites (tertiary alicyclic amines) is 1. The maximum absolute atomic E-state index is 13.0. The first-order valence-electron chi connectivity index (χ1n) is 10.4. The summed E-state index contributed by atoms with van der Waals surface area (Å²) in [4.78, 5) is 14.6. The fraction of sp³-hybridized carbons (Fsp3) is 0.458. The van der Waals surface area contributed by atoms with Gasteiger partial charge in [-0.05, 0) is 61.9 Å². The fourth-order valence-corrected chi connectivity index (χ4v) is 3.99. The molecule has 1 aliphatic heterocycles. The van der Waals surface area contributed by atoms with Gasteiger partial charge in [0.25, 0.3) is 0 Å². The van der Waals surface area contributed by atoms with E-state index in [-0.39, 0.29) is 23.7 Å². The summed E-state index contributed by atoms with van der Waals surface area (Å²) in [5.41, 5.74) is 0.750. The first-order chi connectivity index (χ1) is 14.1. The number of nitrogens with zero attached hydrogens (tertiary/aromatic N) is 1. The van der Waals surface area contributed by atoms with Crippen molar-refractivity contribution >= 4 is 5.91 Å². The lowest BCUT2D eigenvalue weighted by Gasteiger charge is -2.42. The van der Waals surface area contributed by atoms with E-state index in [1.54, 1.807) is 12.1 Å². The molecule has 4 nitrogen and oxygen atoms in total. The van der Waals surface area contributed by atoms with Gasteiger partial charge in [0, 0.05) is 24.9 Å². The van der Waals surface area contributed by atoms with E-state index in [9.17, 15) is 14.3 Å². The molecule has 0 aliphatic carbocycles. The summed E-state index contributed by atoms with van der Waals surface area (Å²) in [7, 11) is 0. The number of carbonyl (C=O) groups is 1. The Morgan fingerprint density at radius 1 is 1.14 bits per heavy atom. The number of aliphatic hydroxyl groups excluding tert-OH is 1. The second kappa shape index (κ2) is 10.4. The molecule has 29 heavy (non-hydrogen) atoms. The third-order valence-corrected chi connectivity index (χ3v) is 5.76. The Morgan fingerprint density at radius 3 is 2.62 bits per heavy atom. The number of halogens is 1. The highest BCUT2D eigenvalue weighted by Gasteiger charge is 2.36. The van der Waals surface area contributed by atoms with Gasteiger partial charge in [0.2, 0.25) is 5.91 Å². The van der Waals surface area contributed by atoms with Crippen molar-refractivity contribution in [3.63, 3.8) is 0 Å². The minimum atomic E-state index is -0.292. The third kappa shape index (κ3) is 6.29. The van der Waals surface area contributed by atoms with Gasteiger partial charge in [-0.1, -0.05) is 30.3 Å². The molecule has 0 unspecified atom stereocenters. The summed E-state index contributed by atoms with van der Waals surface area (Å²) in [6.45, 7) is 1.91. The van der Waals surface area contributed by atoms with E-state index in [2.05, 4.69) is 0 Å². The Hall–Kier alpha value is -2.40. The highest BCUT2D eigenvalue weighted by Crippen LogP contribution is 2.33. The molecular weight excluding hydrogens is 369 g/mol. The molecule has 5 heteroatoms. The average Bonchev–Trinajstić information content (AvgIpc) is 2.76. The predicted molar refractivity (Wildman–Crippen MR) is 111 cm³/mol. The third-order valence-electron chi connectivity index (χ3n) is 5.76. The average molecular weight is 400 g/mol. The van der Waals surface area contributed by atoms with Gasteiger partial charge in [-0.25, -0.2) is 4.39 Å². The van der Waals surface area contributed by atoms with Gasteiger partial charge in [-0.15, -0.1) is 0 Å². The lowest BCUT2D eigenvalue weighted by molar-refractivity contribution is -0.136. The fourth-order valence-electron chi connectivity index (χ4n) is 3.99. The van der Waals surface area contributed by atoms with Crippen LogP contribution in [0.5, 0.6) is 5.75 Å². The summed E-state index contributed by atoms with van der Waals surface area (Å²) in [5, 5.41) is 10.1. The molecule has 2 aromatic carbocycles. The topological polar surface area (TPSA) is 49.8 Å². The zero-order valence-electron chi connectivity index (χ0n) is 16.9. The molecule has 0 saturated carbocycles. The van der Waals surface area contributed by atoms with Crippen LogP contribution in [0.1, 0.15) is 37.7 Å². The lowest BCUT2D eigenvalue weighted by Crippen LogP contribution is -2.48. The molecule has 1 amide bonds. The number of ether oxygens (including phenoxy) is 1. The van der Waals surface area contributed by atoms with Crippen molar-refractivity contribution in [3.8, 4) is 5.75 Å². The van der Waals surface area contributed by atoms with Crippen molar-refractivity contribution in [2.45, 2.75) is 38.5 Å². The number of amides is 1. The lowest BCUT2D eigenvalue weighted by atomic mass is 9.78. The van der Waals surface area contributed by atoms with E-state index in [0.29, 0.717) is 19.6 Å². The van der Waals surface area contributed by atoms with Crippen LogP contribution in [0.3, 0.4) is 0 Å². The van der Waals surface area contributed by atoms with Gasteiger partial charge in [-0.2, -0.15) is 0 Å². The number of benzene rings is 2. The molecule has 1 saturated heterocycles. The molecule has 0 bridgehead atoms. The first kappa shape index (κ1) is 21.3. The van der Waals surface area contributed by atoms with E-state index >= 15 is 0 Å². The number of hydrogen-bond acceptors (Lipinski definition) is 3. The predicted octanol–water partition coefficient (Wildman–Crippen LogP) is 4.22. The molecule has 0 aromatic heterocycles. The summed E-state index contributed by atoms with van der Waals surface area (Å²) >= 11 is 0. The van der Waals surface area contributed by atoms with Crippen molar-refractivity contribution in [1.82, 2.24) is 4.90 Å². The summed E-state index contributed by atoms with van der Waals surface area (Å²) in [6.07, 6.45) is 4.49. The second-order valence-corrected chi connectivity index (χ2v) is 7.97. The van der Waals surface area contributed by atoms with Crippen LogP contribution in [-0.2, 0) is 11.2 Å². The largest absolute Gasteiger partial charge is 0.494 e. The molecule has 1 N–H and O–H groups in total. The Labute approximate surface area is 172 Å². The van der Waals surface area contributed by atoms with E-state index in [0.717, 1.165) is 50.0 Å². The van der Waals surface area contributed by atoms with Gasteiger partial charge in [0.05, 0.1) is 13.2 Å². The number of para-hydroxylation sites is 1. The zero-order chi connectivity index (χ0) is 20.5. The van der Waals surface area contributed by atoms with Crippen molar-refractivity contribution in [3.05, 3.63) is 66.0 Å².